The number of nitrogens with one attached hydrogen (secondary N) is 1. The first kappa shape index (κ1) is 25.8. The van der Waals surface area contributed by atoms with Gasteiger partial charge in [-0.15, -0.1) is 10.2 Å². The highest BCUT2D eigenvalue weighted by atomic mass is 35.5. The number of fused-ring (bicyclic) bond motifs is 1. The molecule has 1 aromatic carbocycles. The molecular formula is C24H31ClF3N5O2. The van der Waals surface area contributed by atoms with Crippen LogP contribution < -0.4 is 5.32 Å². The standard InChI is InChI=1S/C24H31ClF3N5O2/c1-22(2,3)35-21(34)29-15-23(16-5-4-6-17(25)13-16)9-7-18(8-10-23)32-11-12-33-19(14-32)30-31-20(33)24(26,27)28/h4-6,13,18H,7-12,14-15H2,1-3H3,(H,29,34)/t18-,23+. The fourth-order valence-electron chi connectivity index (χ4n) is 5.16. The smallest absolute Gasteiger partial charge is 0.444 e. The van der Waals surface area contributed by atoms with E-state index in [1.807, 2.05) is 45.0 Å². The summed E-state index contributed by atoms with van der Waals surface area (Å²) in [7, 11) is 0. The first-order valence-corrected chi connectivity index (χ1v) is 12.2. The monoisotopic (exact) mass is 513 g/mol. The van der Waals surface area contributed by atoms with Crippen molar-refractivity contribution in [3.63, 3.8) is 0 Å². The van der Waals surface area contributed by atoms with Gasteiger partial charge >= 0.3 is 12.3 Å². The summed E-state index contributed by atoms with van der Waals surface area (Å²) < 4.78 is 46.1. The van der Waals surface area contributed by atoms with Crippen molar-refractivity contribution in [2.45, 2.75) is 82.8 Å². The van der Waals surface area contributed by atoms with Crippen molar-refractivity contribution in [2.75, 3.05) is 13.1 Å². The Kier molecular flexibility index (Phi) is 7.07. The van der Waals surface area contributed by atoms with E-state index in [-0.39, 0.29) is 18.0 Å². The summed E-state index contributed by atoms with van der Waals surface area (Å²) in [4.78, 5) is 14.6. The van der Waals surface area contributed by atoms with Gasteiger partial charge in [0.25, 0.3) is 0 Å². The quantitative estimate of drug-likeness (QED) is 0.610. The van der Waals surface area contributed by atoms with Crippen molar-refractivity contribution in [1.29, 1.82) is 0 Å². The lowest BCUT2D eigenvalue weighted by atomic mass is 9.67. The largest absolute Gasteiger partial charge is 0.451 e. The van der Waals surface area contributed by atoms with E-state index in [9.17, 15) is 18.0 Å². The predicted octanol–water partition coefficient (Wildman–Crippen LogP) is 5.17. The van der Waals surface area contributed by atoms with Crippen LogP contribution in [0, 0.1) is 0 Å². The van der Waals surface area contributed by atoms with Crippen LogP contribution in [0.3, 0.4) is 0 Å². The van der Waals surface area contributed by atoms with Gasteiger partial charge in [0.1, 0.15) is 11.4 Å². The Morgan fingerprint density at radius 1 is 1.20 bits per heavy atom. The molecule has 11 heteroatoms. The molecule has 0 spiro atoms. The molecule has 0 unspecified atom stereocenters. The predicted molar refractivity (Wildman–Crippen MR) is 125 cm³/mol. The Balaban J connectivity index is 1.46. The second-order valence-electron chi connectivity index (χ2n) is 10.4. The molecule has 4 rings (SSSR count). The normalized spacial score (nSPS) is 23.6. The average Bonchev–Trinajstić information content (AvgIpc) is 3.21. The summed E-state index contributed by atoms with van der Waals surface area (Å²) in [5.41, 5.74) is 0.163. The molecular weight excluding hydrogens is 483 g/mol. The number of carbonyl (C=O) groups is 1. The lowest BCUT2D eigenvalue weighted by Gasteiger charge is -2.45. The van der Waals surface area contributed by atoms with Crippen LogP contribution in [0.2, 0.25) is 5.02 Å². The SMILES string of the molecule is CC(C)(C)OC(=O)NC[C@]1(c2cccc(Cl)c2)CC[C@@H](N2CCn3c(nnc3C(F)(F)F)C2)CC1. The van der Waals surface area contributed by atoms with Crippen LogP contribution in [-0.2, 0) is 29.4 Å². The highest BCUT2D eigenvalue weighted by Gasteiger charge is 2.42. The first-order chi connectivity index (χ1) is 16.4. The molecule has 0 radical (unpaired) electrons. The maximum Gasteiger partial charge on any atom is 0.451 e. The number of carbonyl (C=O) groups excluding carboxylic acids is 1. The third-order valence-electron chi connectivity index (χ3n) is 6.87. The molecule has 2 aromatic rings. The molecule has 1 N–H and O–H groups in total. The van der Waals surface area contributed by atoms with Gasteiger partial charge in [-0.25, -0.2) is 4.79 Å². The fourth-order valence-corrected chi connectivity index (χ4v) is 5.35. The summed E-state index contributed by atoms with van der Waals surface area (Å²) in [5, 5.41) is 10.8. The van der Waals surface area contributed by atoms with Crippen molar-refractivity contribution in [3.8, 4) is 0 Å². The van der Waals surface area contributed by atoms with Gasteiger partial charge in [0.15, 0.2) is 0 Å². The van der Waals surface area contributed by atoms with Gasteiger partial charge < -0.3 is 14.6 Å². The molecule has 2 aliphatic rings. The number of alkyl carbamates (subject to hydrolysis) is 1. The van der Waals surface area contributed by atoms with E-state index in [0.29, 0.717) is 30.5 Å². The number of alkyl halides is 3. The molecule has 1 aliphatic heterocycles. The summed E-state index contributed by atoms with van der Waals surface area (Å²) in [5.74, 6) is -0.578. The van der Waals surface area contributed by atoms with Gasteiger partial charge in [-0.3, -0.25) is 4.90 Å². The molecule has 7 nitrogen and oxygen atoms in total. The summed E-state index contributed by atoms with van der Waals surface area (Å²) in [6.07, 6.45) is -1.70. The van der Waals surface area contributed by atoms with Gasteiger partial charge in [0.05, 0.1) is 6.54 Å². The van der Waals surface area contributed by atoms with Crippen LogP contribution in [0.1, 0.15) is 63.7 Å². The fraction of sp³-hybridized carbons (Fsp3) is 0.625. The van der Waals surface area contributed by atoms with E-state index in [1.165, 1.54) is 4.57 Å². The number of benzene rings is 1. The first-order valence-electron chi connectivity index (χ1n) is 11.8. The molecule has 0 bridgehead atoms. The van der Waals surface area contributed by atoms with Crippen LogP contribution >= 0.6 is 11.6 Å². The minimum absolute atomic E-state index is 0.212. The molecule has 0 atom stereocenters. The molecule has 1 fully saturated rings. The molecule has 1 saturated carbocycles. The zero-order chi connectivity index (χ0) is 25.4. The highest BCUT2D eigenvalue weighted by Crippen LogP contribution is 2.42. The average molecular weight is 514 g/mol. The second kappa shape index (κ2) is 9.61. The van der Waals surface area contributed by atoms with E-state index in [1.54, 1.807) is 0 Å². The summed E-state index contributed by atoms with van der Waals surface area (Å²) >= 11 is 6.29. The molecule has 1 aliphatic carbocycles. The number of ether oxygens (including phenoxy) is 1. The lowest BCUT2D eigenvalue weighted by molar-refractivity contribution is -0.148. The maximum absolute atomic E-state index is 13.2. The number of aromatic nitrogens is 3. The van der Waals surface area contributed by atoms with E-state index in [2.05, 4.69) is 20.4 Å². The Morgan fingerprint density at radius 2 is 1.91 bits per heavy atom. The van der Waals surface area contributed by atoms with Crippen LogP contribution in [0.15, 0.2) is 24.3 Å². The number of amides is 1. The van der Waals surface area contributed by atoms with Gasteiger partial charge in [-0.2, -0.15) is 13.2 Å². The Labute approximate surface area is 208 Å². The minimum atomic E-state index is -4.50. The molecule has 1 aromatic heterocycles. The molecule has 0 saturated heterocycles. The highest BCUT2D eigenvalue weighted by molar-refractivity contribution is 6.30. The maximum atomic E-state index is 13.2. The van der Waals surface area contributed by atoms with Gasteiger partial charge in [-0.1, -0.05) is 23.7 Å². The number of hydrogen-bond donors (Lipinski definition) is 1. The van der Waals surface area contributed by atoms with Crippen LogP contribution in [0.4, 0.5) is 18.0 Å². The molecule has 2 heterocycles. The van der Waals surface area contributed by atoms with Gasteiger partial charge in [0.2, 0.25) is 5.82 Å². The van der Waals surface area contributed by atoms with Crippen LogP contribution in [-0.4, -0.2) is 50.5 Å². The number of hydrogen-bond acceptors (Lipinski definition) is 5. The second-order valence-corrected chi connectivity index (χ2v) is 10.9. The summed E-state index contributed by atoms with van der Waals surface area (Å²) in [6.45, 7) is 6.95. The van der Waals surface area contributed by atoms with E-state index < -0.39 is 23.7 Å². The topological polar surface area (TPSA) is 72.3 Å². The van der Waals surface area contributed by atoms with E-state index >= 15 is 0 Å². The van der Waals surface area contributed by atoms with Crippen LogP contribution in [0.25, 0.3) is 0 Å². The Bertz CT molecular complexity index is 1060. The zero-order valence-corrected chi connectivity index (χ0v) is 20.9. The third-order valence-corrected chi connectivity index (χ3v) is 7.11. The van der Waals surface area contributed by atoms with Crippen molar-refractivity contribution >= 4 is 17.7 Å². The Hall–Kier alpha value is -2.33. The van der Waals surface area contributed by atoms with Gasteiger partial charge in [0, 0.05) is 36.1 Å². The summed E-state index contributed by atoms with van der Waals surface area (Å²) in [6, 6.07) is 7.93. The van der Waals surface area contributed by atoms with E-state index in [4.69, 9.17) is 16.3 Å². The molecule has 35 heavy (non-hydrogen) atoms. The van der Waals surface area contributed by atoms with Crippen molar-refractivity contribution in [3.05, 3.63) is 46.5 Å². The third kappa shape index (κ3) is 5.91. The van der Waals surface area contributed by atoms with Crippen LogP contribution in [0.5, 0.6) is 0 Å². The number of rotatable bonds is 4. The van der Waals surface area contributed by atoms with E-state index in [0.717, 1.165) is 31.2 Å². The molecule has 1 amide bonds. The molecule has 192 valence electrons. The number of halogens is 4. The number of nitrogens with zero attached hydrogens (tertiary/aromatic N) is 4. The van der Waals surface area contributed by atoms with Crippen molar-refractivity contribution in [2.24, 2.45) is 0 Å². The van der Waals surface area contributed by atoms with Gasteiger partial charge in [-0.05, 0) is 64.2 Å². The Morgan fingerprint density at radius 3 is 2.54 bits per heavy atom. The lowest BCUT2D eigenvalue weighted by Crippen LogP contribution is -2.49. The van der Waals surface area contributed by atoms with Crippen molar-refractivity contribution < 1.29 is 22.7 Å². The zero-order valence-electron chi connectivity index (χ0n) is 20.2. The minimum Gasteiger partial charge on any atom is -0.444 e. The van der Waals surface area contributed by atoms with Crippen molar-refractivity contribution in [1.82, 2.24) is 25.0 Å².